The molecule has 0 radical (unpaired) electrons. The summed E-state index contributed by atoms with van der Waals surface area (Å²) in [5.41, 5.74) is 1.02. The Bertz CT molecular complexity index is 399. The minimum Gasteiger partial charge on any atom is -0.354 e. The van der Waals surface area contributed by atoms with E-state index in [1.54, 1.807) is 0 Å². The first-order valence-electron chi connectivity index (χ1n) is 7.87. The Kier molecular flexibility index (Phi) is 6.76. The molecule has 0 saturated carbocycles. The molecule has 20 heavy (non-hydrogen) atoms. The zero-order valence-corrected chi connectivity index (χ0v) is 13.9. The molecule has 4 heteroatoms. The van der Waals surface area contributed by atoms with Crippen LogP contribution < -0.4 is 10.2 Å². The lowest BCUT2D eigenvalue weighted by Gasteiger charge is -2.33. The summed E-state index contributed by atoms with van der Waals surface area (Å²) in [7, 11) is 0. The van der Waals surface area contributed by atoms with Crippen LogP contribution in [0.2, 0.25) is 0 Å². The monoisotopic (exact) mass is 278 g/mol. The minimum atomic E-state index is 0.543. The van der Waals surface area contributed by atoms with Crippen LogP contribution >= 0.6 is 0 Å². The predicted octanol–water partition coefficient (Wildman–Crippen LogP) is 3.87. The molecule has 0 unspecified atom stereocenters. The van der Waals surface area contributed by atoms with Crippen molar-refractivity contribution >= 4 is 11.8 Å². The third kappa shape index (κ3) is 4.66. The van der Waals surface area contributed by atoms with Gasteiger partial charge >= 0.3 is 0 Å². The maximum absolute atomic E-state index is 4.70. The highest BCUT2D eigenvalue weighted by Crippen LogP contribution is 2.22. The summed E-state index contributed by atoms with van der Waals surface area (Å²) in [6, 6.07) is 2.64. The average molecular weight is 278 g/mol. The molecule has 1 aromatic heterocycles. The molecular weight excluding hydrogens is 248 g/mol. The molecule has 0 saturated heterocycles. The fraction of sp³-hybridized carbons (Fsp3) is 0.750. The van der Waals surface area contributed by atoms with Gasteiger partial charge in [0.2, 0.25) is 5.95 Å². The van der Waals surface area contributed by atoms with Gasteiger partial charge in [-0.3, -0.25) is 0 Å². The van der Waals surface area contributed by atoms with Crippen molar-refractivity contribution in [2.45, 2.75) is 60.4 Å². The Morgan fingerprint density at radius 3 is 2.30 bits per heavy atom. The van der Waals surface area contributed by atoms with Crippen LogP contribution in [0.5, 0.6) is 0 Å². The Labute approximate surface area is 124 Å². The predicted molar refractivity (Wildman–Crippen MR) is 87.5 cm³/mol. The number of aromatic nitrogens is 2. The second-order valence-electron chi connectivity index (χ2n) is 5.74. The van der Waals surface area contributed by atoms with Crippen molar-refractivity contribution in [2.75, 3.05) is 23.3 Å². The average Bonchev–Trinajstić information content (AvgIpc) is 2.38. The molecule has 0 aliphatic heterocycles. The van der Waals surface area contributed by atoms with E-state index in [4.69, 9.17) is 4.98 Å². The van der Waals surface area contributed by atoms with E-state index in [1.165, 1.54) is 0 Å². The molecule has 0 spiro atoms. The standard InChI is InChI=1S/C16H30N4/c1-7-14(8-2)20(11-12(4)5)15-10-13(6)18-16(19-15)17-9-3/h10,12,14H,7-9,11H2,1-6H3,(H,17,18,19). The summed E-state index contributed by atoms with van der Waals surface area (Å²) in [5.74, 6) is 2.41. The fourth-order valence-corrected chi connectivity index (χ4v) is 2.49. The zero-order chi connectivity index (χ0) is 15.1. The molecule has 1 N–H and O–H groups in total. The Morgan fingerprint density at radius 1 is 1.15 bits per heavy atom. The molecule has 0 aliphatic rings. The number of nitrogens with zero attached hydrogens (tertiary/aromatic N) is 3. The lowest BCUT2D eigenvalue weighted by Crippen LogP contribution is -2.38. The molecule has 114 valence electrons. The van der Waals surface area contributed by atoms with Crippen LogP contribution in [-0.4, -0.2) is 29.1 Å². The number of aryl methyl sites for hydroxylation is 1. The molecule has 0 aromatic carbocycles. The van der Waals surface area contributed by atoms with Gasteiger partial charge in [-0.05, 0) is 32.6 Å². The van der Waals surface area contributed by atoms with E-state index in [2.05, 4.69) is 55.9 Å². The topological polar surface area (TPSA) is 41.1 Å². The quantitative estimate of drug-likeness (QED) is 0.784. The summed E-state index contributed by atoms with van der Waals surface area (Å²) in [4.78, 5) is 11.6. The number of hydrogen-bond acceptors (Lipinski definition) is 4. The van der Waals surface area contributed by atoms with Crippen molar-refractivity contribution in [1.82, 2.24) is 9.97 Å². The van der Waals surface area contributed by atoms with Crippen LogP contribution in [0.1, 0.15) is 53.2 Å². The first-order valence-corrected chi connectivity index (χ1v) is 7.87. The van der Waals surface area contributed by atoms with Gasteiger partial charge in [-0.25, -0.2) is 4.98 Å². The van der Waals surface area contributed by atoms with Crippen molar-refractivity contribution in [3.63, 3.8) is 0 Å². The van der Waals surface area contributed by atoms with Gasteiger partial charge in [0, 0.05) is 30.9 Å². The van der Waals surface area contributed by atoms with Crippen molar-refractivity contribution in [3.8, 4) is 0 Å². The fourth-order valence-electron chi connectivity index (χ4n) is 2.49. The van der Waals surface area contributed by atoms with E-state index in [0.717, 1.165) is 43.4 Å². The Balaban J connectivity index is 3.11. The smallest absolute Gasteiger partial charge is 0.224 e. The van der Waals surface area contributed by atoms with Gasteiger partial charge in [0.1, 0.15) is 5.82 Å². The van der Waals surface area contributed by atoms with Crippen LogP contribution in [0.3, 0.4) is 0 Å². The maximum atomic E-state index is 4.70. The van der Waals surface area contributed by atoms with Crippen LogP contribution in [0.15, 0.2) is 6.07 Å². The molecule has 0 aliphatic carbocycles. The van der Waals surface area contributed by atoms with Crippen molar-refractivity contribution in [1.29, 1.82) is 0 Å². The highest BCUT2D eigenvalue weighted by Gasteiger charge is 2.19. The van der Waals surface area contributed by atoms with Gasteiger partial charge in [-0.2, -0.15) is 4.98 Å². The van der Waals surface area contributed by atoms with Gasteiger partial charge < -0.3 is 10.2 Å². The SMILES string of the molecule is CCNc1nc(C)cc(N(CC(C)C)C(CC)CC)n1. The van der Waals surface area contributed by atoms with Gasteiger partial charge in [0.05, 0.1) is 0 Å². The zero-order valence-electron chi connectivity index (χ0n) is 13.9. The van der Waals surface area contributed by atoms with E-state index < -0.39 is 0 Å². The van der Waals surface area contributed by atoms with E-state index in [-0.39, 0.29) is 0 Å². The first-order chi connectivity index (χ1) is 9.51. The van der Waals surface area contributed by atoms with Gasteiger partial charge in [-0.1, -0.05) is 27.7 Å². The normalized spacial score (nSPS) is 11.2. The molecular formula is C16H30N4. The first kappa shape index (κ1) is 16.7. The number of anilines is 2. The maximum Gasteiger partial charge on any atom is 0.224 e. The summed E-state index contributed by atoms with van der Waals surface area (Å²) in [6.07, 6.45) is 2.28. The number of rotatable bonds is 8. The van der Waals surface area contributed by atoms with E-state index in [0.29, 0.717) is 12.0 Å². The van der Waals surface area contributed by atoms with E-state index >= 15 is 0 Å². The summed E-state index contributed by atoms with van der Waals surface area (Å²) in [6.45, 7) is 15.0. The van der Waals surface area contributed by atoms with E-state index in [1.807, 2.05) is 6.92 Å². The third-order valence-corrected chi connectivity index (χ3v) is 3.41. The highest BCUT2D eigenvalue weighted by molar-refractivity contribution is 5.45. The molecule has 1 rings (SSSR count). The number of nitrogens with one attached hydrogen (secondary N) is 1. The molecule has 0 bridgehead atoms. The second kappa shape index (κ2) is 8.08. The van der Waals surface area contributed by atoms with Gasteiger partial charge in [0.25, 0.3) is 0 Å². The van der Waals surface area contributed by atoms with Crippen molar-refractivity contribution in [3.05, 3.63) is 11.8 Å². The highest BCUT2D eigenvalue weighted by atomic mass is 15.2. The van der Waals surface area contributed by atoms with E-state index in [9.17, 15) is 0 Å². The molecule has 1 heterocycles. The van der Waals surface area contributed by atoms with Crippen molar-refractivity contribution in [2.24, 2.45) is 5.92 Å². The lowest BCUT2D eigenvalue weighted by molar-refractivity contribution is 0.503. The molecule has 1 aromatic rings. The molecule has 0 fully saturated rings. The second-order valence-corrected chi connectivity index (χ2v) is 5.74. The summed E-state index contributed by atoms with van der Waals surface area (Å²) >= 11 is 0. The van der Waals surface area contributed by atoms with Gasteiger partial charge in [-0.15, -0.1) is 0 Å². The molecule has 4 nitrogen and oxygen atoms in total. The van der Waals surface area contributed by atoms with Crippen molar-refractivity contribution < 1.29 is 0 Å². The molecule has 0 amide bonds. The van der Waals surface area contributed by atoms with Crippen LogP contribution in [0, 0.1) is 12.8 Å². The largest absolute Gasteiger partial charge is 0.354 e. The van der Waals surface area contributed by atoms with Gasteiger partial charge in [0.15, 0.2) is 0 Å². The van der Waals surface area contributed by atoms with Crippen LogP contribution in [-0.2, 0) is 0 Å². The Morgan fingerprint density at radius 2 is 1.80 bits per heavy atom. The van der Waals surface area contributed by atoms with Crippen LogP contribution in [0.25, 0.3) is 0 Å². The summed E-state index contributed by atoms with van der Waals surface area (Å²) < 4.78 is 0. The molecule has 0 atom stereocenters. The Hall–Kier alpha value is -1.32. The minimum absolute atomic E-state index is 0.543. The lowest BCUT2D eigenvalue weighted by atomic mass is 10.1. The number of hydrogen-bond donors (Lipinski definition) is 1. The van der Waals surface area contributed by atoms with Crippen LogP contribution in [0.4, 0.5) is 11.8 Å². The third-order valence-electron chi connectivity index (χ3n) is 3.41. The summed E-state index contributed by atoms with van der Waals surface area (Å²) in [5, 5.41) is 3.22.